The number of alkyl halides is 2. The molecule has 3 heterocycles. The average molecular weight is 495 g/mol. The van der Waals surface area contributed by atoms with Crippen LogP contribution in [0.15, 0.2) is 52.9 Å². The number of aromatic nitrogens is 6. The third-order valence-corrected chi connectivity index (χ3v) is 6.04. The van der Waals surface area contributed by atoms with Crippen molar-refractivity contribution in [2.24, 2.45) is 0 Å². The smallest absolute Gasteiger partial charge is 0.314 e. The highest BCUT2D eigenvalue weighted by Gasteiger charge is 2.20. The van der Waals surface area contributed by atoms with E-state index in [1.807, 2.05) is 6.07 Å². The maximum atomic E-state index is 12.8. The lowest BCUT2D eigenvalue weighted by molar-refractivity contribution is 0.0917. The second kappa shape index (κ2) is 10.3. The molecule has 0 radical (unpaired) electrons. The number of piperidine rings is 1. The van der Waals surface area contributed by atoms with Crippen molar-refractivity contribution in [2.45, 2.75) is 31.9 Å². The number of carbonyl (C=O) groups excluding carboxylic acids is 1. The summed E-state index contributed by atoms with van der Waals surface area (Å²) >= 11 is 0. The molecule has 186 valence electrons. The van der Waals surface area contributed by atoms with Gasteiger partial charge in [-0.25, -0.2) is 0 Å². The van der Waals surface area contributed by atoms with Crippen LogP contribution in [0.3, 0.4) is 0 Å². The lowest BCUT2D eigenvalue weighted by Crippen LogP contribution is -2.43. The topological polar surface area (TPSA) is 115 Å². The molecule has 0 spiro atoms. The number of halogens is 2. The van der Waals surface area contributed by atoms with E-state index in [0.717, 1.165) is 31.5 Å². The van der Waals surface area contributed by atoms with Gasteiger partial charge in [0.25, 0.3) is 11.8 Å². The van der Waals surface area contributed by atoms with Gasteiger partial charge in [-0.15, -0.1) is 20.4 Å². The van der Waals surface area contributed by atoms with Crippen LogP contribution in [-0.4, -0.2) is 67.4 Å². The Kier molecular flexibility index (Phi) is 6.76. The van der Waals surface area contributed by atoms with Crippen molar-refractivity contribution in [1.29, 1.82) is 0 Å². The quantitative estimate of drug-likeness (QED) is 0.417. The first-order valence-corrected chi connectivity index (χ1v) is 11.5. The number of tetrazole rings is 1. The number of nitrogens with zero attached hydrogens (tertiary/aromatic N) is 7. The molecule has 0 bridgehead atoms. The number of rotatable bonds is 7. The molecule has 0 aliphatic carbocycles. The Hall–Kier alpha value is -4.06. The summed E-state index contributed by atoms with van der Waals surface area (Å²) in [6, 6.07) is 14.3. The lowest BCUT2D eigenvalue weighted by Gasteiger charge is -2.29. The molecule has 0 unspecified atom stereocenters. The molecule has 2 aromatic heterocycles. The van der Waals surface area contributed by atoms with Crippen molar-refractivity contribution in [3.05, 3.63) is 65.5 Å². The van der Waals surface area contributed by atoms with Crippen molar-refractivity contribution >= 4 is 5.91 Å². The number of amides is 1. The van der Waals surface area contributed by atoms with E-state index in [0.29, 0.717) is 29.1 Å². The van der Waals surface area contributed by atoms with Gasteiger partial charge >= 0.3 is 6.43 Å². The molecule has 1 amide bonds. The summed E-state index contributed by atoms with van der Waals surface area (Å²) in [4.78, 5) is 16.4. The van der Waals surface area contributed by atoms with Crippen LogP contribution in [0.25, 0.3) is 22.8 Å². The van der Waals surface area contributed by atoms with E-state index in [2.05, 4.69) is 42.9 Å². The zero-order valence-corrected chi connectivity index (χ0v) is 19.5. The summed E-state index contributed by atoms with van der Waals surface area (Å²) in [6.07, 6.45) is -0.943. The third kappa shape index (κ3) is 5.43. The number of hydrogen-bond donors (Lipinski definition) is 1. The molecule has 1 aliphatic rings. The Bertz CT molecular complexity index is 1330. The minimum atomic E-state index is -2.81. The molecule has 1 fully saturated rings. The predicted octanol–water partition coefficient (Wildman–Crippen LogP) is 3.20. The van der Waals surface area contributed by atoms with Crippen LogP contribution in [-0.2, 0) is 6.54 Å². The Labute approximate surface area is 205 Å². The molecule has 0 saturated carbocycles. The molecule has 1 N–H and O–H groups in total. The van der Waals surface area contributed by atoms with Crippen LogP contribution < -0.4 is 5.32 Å². The van der Waals surface area contributed by atoms with Crippen molar-refractivity contribution in [3.8, 4) is 22.8 Å². The summed E-state index contributed by atoms with van der Waals surface area (Å²) in [5.41, 5.74) is 2.64. The first-order valence-electron chi connectivity index (χ1n) is 11.5. The van der Waals surface area contributed by atoms with E-state index in [1.54, 1.807) is 42.5 Å². The minimum absolute atomic E-state index is 0.0257. The molecular formula is C24H24F2N8O2. The zero-order chi connectivity index (χ0) is 25.1. The Morgan fingerprint density at radius 3 is 2.58 bits per heavy atom. The summed E-state index contributed by atoms with van der Waals surface area (Å²) in [5, 5.41) is 22.8. The van der Waals surface area contributed by atoms with Crippen LogP contribution in [0.1, 0.15) is 41.1 Å². The van der Waals surface area contributed by atoms with Gasteiger partial charge in [0.05, 0.1) is 6.54 Å². The van der Waals surface area contributed by atoms with Crippen LogP contribution in [0, 0.1) is 0 Å². The standard InChI is InChI=1S/C24H24F2N8O2/c1-33-11-9-19(10-12-33)27-22(35)18-4-2-3-17(13-18)21-28-32-34(31-21)14-15-5-7-16(8-6-15)23-29-30-24(36-23)20(25)26/h2-8,13,19-20H,9-12,14H2,1H3,(H,27,35). The fraction of sp³-hybridized carbons (Fsp3) is 0.333. The van der Waals surface area contributed by atoms with Crippen LogP contribution >= 0.6 is 0 Å². The number of likely N-dealkylation sites (tertiary alicyclic amines) is 1. The highest BCUT2D eigenvalue weighted by atomic mass is 19.3. The van der Waals surface area contributed by atoms with E-state index in [4.69, 9.17) is 4.42 Å². The Morgan fingerprint density at radius 2 is 1.86 bits per heavy atom. The lowest BCUT2D eigenvalue weighted by atomic mass is 10.0. The highest BCUT2D eigenvalue weighted by Crippen LogP contribution is 2.23. The van der Waals surface area contributed by atoms with E-state index in [9.17, 15) is 13.6 Å². The largest absolute Gasteiger partial charge is 0.415 e. The second-order valence-corrected chi connectivity index (χ2v) is 8.72. The molecule has 2 aromatic carbocycles. The molecule has 10 nitrogen and oxygen atoms in total. The SMILES string of the molecule is CN1CCC(NC(=O)c2cccc(-c3nnn(Cc4ccc(-c5nnc(C(F)F)o5)cc4)n3)c2)CC1. The maximum absolute atomic E-state index is 12.8. The predicted molar refractivity (Wildman–Crippen MR) is 125 cm³/mol. The Balaban J connectivity index is 1.23. The number of benzene rings is 2. The van der Waals surface area contributed by atoms with Gasteiger partial charge in [0, 0.05) is 22.7 Å². The summed E-state index contributed by atoms with van der Waals surface area (Å²) in [5.74, 6) is -0.388. The fourth-order valence-corrected chi connectivity index (χ4v) is 4.00. The minimum Gasteiger partial charge on any atom is -0.415 e. The van der Waals surface area contributed by atoms with Gasteiger partial charge in [-0.2, -0.15) is 13.6 Å². The van der Waals surface area contributed by atoms with E-state index in [-0.39, 0.29) is 17.8 Å². The summed E-state index contributed by atoms with van der Waals surface area (Å²) in [7, 11) is 2.08. The van der Waals surface area contributed by atoms with E-state index in [1.165, 1.54) is 4.80 Å². The van der Waals surface area contributed by atoms with Crippen molar-refractivity contribution in [1.82, 2.24) is 40.6 Å². The first kappa shape index (κ1) is 23.7. The fourth-order valence-electron chi connectivity index (χ4n) is 4.00. The van der Waals surface area contributed by atoms with Gasteiger partial charge in [0.2, 0.25) is 11.7 Å². The van der Waals surface area contributed by atoms with Gasteiger partial charge in [0.1, 0.15) is 0 Å². The molecule has 5 rings (SSSR count). The van der Waals surface area contributed by atoms with Gasteiger partial charge in [-0.3, -0.25) is 4.79 Å². The zero-order valence-electron chi connectivity index (χ0n) is 19.5. The van der Waals surface area contributed by atoms with Gasteiger partial charge in [-0.1, -0.05) is 24.3 Å². The van der Waals surface area contributed by atoms with E-state index < -0.39 is 12.3 Å². The molecular weight excluding hydrogens is 470 g/mol. The van der Waals surface area contributed by atoms with Crippen molar-refractivity contribution < 1.29 is 18.0 Å². The maximum Gasteiger partial charge on any atom is 0.314 e. The van der Waals surface area contributed by atoms with Gasteiger partial charge < -0.3 is 14.6 Å². The van der Waals surface area contributed by atoms with Gasteiger partial charge in [0.15, 0.2) is 0 Å². The van der Waals surface area contributed by atoms with E-state index >= 15 is 0 Å². The third-order valence-electron chi connectivity index (χ3n) is 6.04. The van der Waals surface area contributed by atoms with Gasteiger partial charge in [-0.05, 0) is 68.0 Å². The normalized spacial score (nSPS) is 14.9. The summed E-state index contributed by atoms with van der Waals surface area (Å²) < 4.78 is 30.3. The molecule has 4 aromatic rings. The Morgan fingerprint density at radius 1 is 1.08 bits per heavy atom. The highest BCUT2D eigenvalue weighted by molar-refractivity contribution is 5.95. The summed E-state index contributed by atoms with van der Waals surface area (Å²) in [6.45, 7) is 2.28. The van der Waals surface area contributed by atoms with Crippen LogP contribution in [0.5, 0.6) is 0 Å². The molecule has 1 saturated heterocycles. The molecule has 36 heavy (non-hydrogen) atoms. The number of carbonyl (C=O) groups is 1. The first-order chi connectivity index (χ1) is 17.4. The van der Waals surface area contributed by atoms with Crippen LogP contribution in [0.4, 0.5) is 8.78 Å². The van der Waals surface area contributed by atoms with Crippen molar-refractivity contribution in [3.63, 3.8) is 0 Å². The molecule has 0 atom stereocenters. The molecule has 1 aliphatic heterocycles. The van der Waals surface area contributed by atoms with Crippen LogP contribution in [0.2, 0.25) is 0 Å². The van der Waals surface area contributed by atoms with Crippen molar-refractivity contribution in [2.75, 3.05) is 20.1 Å². The second-order valence-electron chi connectivity index (χ2n) is 8.72. The molecule has 12 heteroatoms. The number of nitrogens with one attached hydrogen (secondary N) is 1. The average Bonchev–Trinajstić information content (AvgIpc) is 3.57. The number of hydrogen-bond acceptors (Lipinski definition) is 8. The monoisotopic (exact) mass is 494 g/mol.